The van der Waals surface area contributed by atoms with Gasteiger partial charge in [0.15, 0.2) is 0 Å². The molecule has 1 aromatic rings. The molecule has 1 aliphatic heterocycles. The molecule has 6 nitrogen and oxygen atoms in total. The van der Waals surface area contributed by atoms with Crippen molar-refractivity contribution in [1.29, 1.82) is 0 Å². The van der Waals surface area contributed by atoms with E-state index in [1.54, 1.807) is 11.0 Å². The lowest BCUT2D eigenvalue weighted by Gasteiger charge is -2.28. The molecule has 0 fully saturated rings. The number of benzene rings is 1. The summed E-state index contributed by atoms with van der Waals surface area (Å²) in [7, 11) is 1.26. The first-order valence-corrected chi connectivity index (χ1v) is 7.67. The second-order valence-corrected chi connectivity index (χ2v) is 6.03. The maximum atomic E-state index is 12.6. The Morgan fingerprint density at radius 3 is 2.61 bits per heavy atom. The van der Waals surface area contributed by atoms with Crippen LogP contribution in [0.15, 0.2) is 24.3 Å². The second kappa shape index (κ2) is 7.26. The molecule has 0 saturated carbocycles. The minimum atomic E-state index is -0.598. The molecule has 6 heteroatoms. The largest absolute Gasteiger partial charge is 0.468 e. The Labute approximate surface area is 135 Å². The van der Waals surface area contributed by atoms with Crippen molar-refractivity contribution in [3.63, 3.8) is 0 Å². The molecule has 0 saturated heterocycles. The minimum absolute atomic E-state index is 0.139. The molecule has 0 aliphatic carbocycles. The Morgan fingerprint density at radius 2 is 2.00 bits per heavy atom. The molecule has 1 atom stereocenters. The van der Waals surface area contributed by atoms with Crippen molar-refractivity contribution in [2.75, 3.05) is 13.7 Å². The van der Waals surface area contributed by atoms with Crippen molar-refractivity contribution < 1.29 is 19.1 Å². The number of esters is 1. The second-order valence-electron chi connectivity index (χ2n) is 6.03. The third-order valence-corrected chi connectivity index (χ3v) is 3.86. The van der Waals surface area contributed by atoms with E-state index in [1.165, 1.54) is 7.11 Å². The summed E-state index contributed by atoms with van der Waals surface area (Å²) in [5.74, 6) is -0.747. The van der Waals surface area contributed by atoms with Crippen LogP contribution in [0.1, 0.15) is 36.2 Å². The zero-order valence-corrected chi connectivity index (χ0v) is 13.7. The number of ether oxygens (including phenoxy) is 1. The predicted octanol–water partition coefficient (Wildman–Crippen LogP) is 1.35. The van der Waals surface area contributed by atoms with Gasteiger partial charge in [0.05, 0.1) is 7.11 Å². The summed E-state index contributed by atoms with van der Waals surface area (Å²) in [4.78, 5) is 37.8. The molecule has 0 unspecified atom stereocenters. The highest BCUT2D eigenvalue weighted by Gasteiger charge is 2.36. The monoisotopic (exact) mass is 318 g/mol. The van der Waals surface area contributed by atoms with E-state index in [9.17, 15) is 14.4 Å². The molecule has 0 bridgehead atoms. The van der Waals surface area contributed by atoms with Gasteiger partial charge in [-0.2, -0.15) is 0 Å². The lowest BCUT2D eigenvalue weighted by molar-refractivity contribution is -0.141. The molecule has 0 radical (unpaired) electrons. The van der Waals surface area contributed by atoms with E-state index in [1.807, 2.05) is 32.0 Å². The van der Waals surface area contributed by atoms with E-state index in [0.717, 1.165) is 5.56 Å². The van der Waals surface area contributed by atoms with Crippen molar-refractivity contribution >= 4 is 17.8 Å². The first-order valence-electron chi connectivity index (χ1n) is 7.67. The minimum Gasteiger partial charge on any atom is -0.468 e. The number of nitrogens with one attached hydrogen (secondary N) is 1. The number of carbonyl (C=O) groups is 3. The molecule has 1 aliphatic rings. The molecule has 0 spiro atoms. The molecule has 1 heterocycles. The fourth-order valence-electron chi connectivity index (χ4n) is 2.70. The summed E-state index contributed by atoms with van der Waals surface area (Å²) in [6.07, 6.45) is 0.534. The van der Waals surface area contributed by atoms with Crippen LogP contribution in [0.3, 0.4) is 0 Å². The molecular formula is C17H22N2O4. The molecule has 1 aromatic carbocycles. The van der Waals surface area contributed by atoms with Gasteiger partial charge >= 0.3 is 5.97 Å². The highest BCUT2D eigenvalue weighted by atomic mass is 16.5. The van der Waals surface area contributed by atoms with E-state index < -0.39 is 12.0 Å². The lowest BCUT2D eigenvalue weighted by atomic mass is 10.0. The van der Waals surface area contributed by atoms with Crippen LogP contribution < -0.4 is 5.32 Å². The van der Waals surface area contributed by atoms with Crippen LogP contribution in [0, 0.1) is 5.92 Å². The zero-order chi connectivity index (χ0) is 17.0. The quantitative estimate of drug-likeness (QED) is 0.803. The van der Waals surface area contributed by atoms with Crippen molar-refractivity contribution in [1.82, 2.24) is 10.2 Å². The number of nitrogens with zero attached hydrogens (tertiary/aromatic N) is 1. The van der Waals surface area contributed by atoms with Crippen LogP contribution in [-0.2, 0) is 20.9 Å². The summed E-state index contributed by atoms with van der Waals surface area (Å²) >= 11 is 0. The maximum absolute atomic E-state index is 12.6. The number of rotatable bonds is 6. The summed E-state index contributed by atoms with van der Waals surface area (Å²) < 4.78 is 4.52. The molecular weight excluding hydrogens is 296 g/mol. The molecule has 1 N–H and O–H groups in total. The van der Waals surface area contributed by atoms with Gasteiger partial charge in [-0.25, -0.2) is 0 Å². The van der Waals surface area contributed by atoms with Gasteiger partial charge in [0.2, 0.25) is 5.91 Å². The van der Waals surface area contributed by atoms with E-state index in [-0.39, 0.29) is 24.3 Å². The van der Waals surface area contributed by atoms with Crippen LogP contribution in [0.2, 0.25) is 0 Å². The molecule has 124 valence electrons. The standard InChI is InChI=1S/C17H22N2O4/c1-11(2)8-14(16(21)18-9-15(20)23-3)19-10-12-6-4-5-7-13(12)17(19)22/h4-7,11,14H,8-10H2,1-3H3,(H,18,21)/t14-/m0/s1. The number of hydrogen-bond acceptors (Lipinski definition) is 4. The van der Waals surface area contributed by atoms with Crippen molar-refractivity contribution in [3.05, 3.63) is 35.4 Å². The lowest BCUT2D eigenvalue weighted by Crippen LogP contribution is -2.48. The first-order chi connectivity index (χ1) is 10.9. The van der Waals surface area contributed by atoms with Crippen LogP contribution in [0.5, 0.6) is 0 Å². The third kappa shape index (κ3) is 3.88. The van der Waals surface area contributed by atoms with E-state index >= 15 is 0 Å². The zero-order valence-electron chi connectivity index (χ0n) is 13.7. The SMILES string of the molecule is COC(=O)CNC(=O)[C@H](CC(C)C)N1Cc2ccccc2C1=O. The highest BCUT2D eigenvalue weighted by molar-refractivity contribution is 6.01. The summed E-state index contributed by atoms with van der Waals surface area (Å²) in [5, 5.41) is 2.56. The average Bonchev–Trinajstić information content (AvgIpc) is 2.87. The Hall–Kier alpha value is -2.37. The van der Waals surface area contributed by atoms with Crippen LogP contribution >= 0.6 is 0 Å². The first kappa shape index (κ1) is 17.0. The van der Waals surface area contributed by atoms with Gasteiger partial charge in [0.1, 0.15) is 12.6 Å². The van der Waals surface area contributed by atoms with Gasteiger partial charge in [0.25, 0.3) is 5.91 Å². The van der Waals surface area contributed by atoms with Crippen molar-refractivity contribution in [2.45, 2.75) is 32.9 Å². The van der Waals surface area contributed by atoms with Crippen LogP contribution in [0.4, 0.5) is 0 Å². The summed E-state index contributed by atoms with van der Waals surface area (Å²) in [6, 6.07) is 6.77. The van der Waals surface area contributed by atoms with Gasteiger partial charge < -0.3 is 15.0 Å². The number of hydrogen-bond donors (Lipinski definition) is 1. The van der Waals surface area contributed by atoms with E-state index in [4.69, 9.17) is 0 Å². The summed E-state index contributed by atoms with van der Waals surface area (Å²) in [6.45, 7) is 4.21. The number of amides is 2. The predicted molar refractivity (Wildman–Crippen MR) is 84.6 cm³/mol. The highest BCUT2D eigenvalue weighted by Crippen LogP contribution is 2.26. The van der Waals surface area contributed by atoms with Crippen molar-refractivity contribution in [3.8, 4) is 0 Å². The molecule has 2 rings (SSSR count). The van der Waals surface area contributed by atoms with Crippen LogP contribution in [0.25, 0.3) is 0 Å². The van der Waals surface area contributed by atoms with E-state index in [2.05, 4.69) is 10.1 Å². The van der Waals surface area contributed by atoms with Gasteiger partial charge in [0, 0.05) is 12.1 Å². The molecule has 23 heavy (non-hydrogen) atoms. The Bertz CT molecular complexity index is 612. The van der Waals surface area contributed by atoms with Gasteiger partial charge in [-0.05, 0) is 24.0 Å². The van der Waals surface area contributed by atoms with Gasteiger partial charge in [-0.15, -0.1) is 0 Å². The van der Waals surface area contributed by atoms with Crippen molar-refractivity contribution in [2.24, 2.45) is 5.92 Å². The summed E-state index contributed by atoms with van der Waals surface area (Å²) in [5.41, 5.74) is 1.56. The molecule has 2 amide bonds. The Morgan fingerprint density at radius 1 is 1.30 bits per heavy atom. The Kier molecular flexibility index (Phi) is 5.36. The topological polar surface area (TPSA) is 75.7 Å². The van der Waals surface area contributed by atoms with E-state index in [0.29, 0.717) is 18.5 Å². The third-order valence-electron chi connectivity index (χ3n) is 3.86. The fraction of sp³-hybridized carbons (Fsp3) is 0.471. The smallest absolute Gasteiger partial charge is 0.325 e. The molecule has 0 aromatic heterocycles. The Balaban J connectivity index is 2.15. The normalized spacial score (nSPS) is 14.6. The number of fused-ring (bicyclic) bond motifs is 1. The maximum Gasteiger partial charge on any atom is 0.325 e. The number of methoxy groups -OCH3 is 1. The fourth-order valence-corrected chi connectivity index (χ4v) is 2.70. The number of carbonyl (C=O) groups excluding carboxylic acids is 3. The van der Waals surface area contributed by atoms with Crippen LogP contribution in [-0.4, -0.2) is 42.4 Å². The van der Waals surface area contributed by atoms with Gasteiger partial charge in [-0.1, -0.05) is 32.0 Å². The van der Waals surface area contributed by atoms with Gasteiger partial charge in [-0.3, -0.25) is 14.4 Å². The average molecular weight is 318 g/mol.